The van der Waals surface area contributed by atoms with E-state index < -0.39 is 34.3 Å². The summed E-state index contributed by atoms with van der Waals surface area (Å²) in [7, 11) is -4.27. The van der Waals surface area contributed by atoms with Gasteiger partial charge in [-0.15, -0.1) is 0 Å². The van der Waals surface area contributed by atoms with E-state index in [-0.39, 0.29) is 29.1 Å². The number of ether oxygens (including phenoxy) is 1. The molecule has 3 aromatic rings. The van der Waals surface area contributed by atoms with Gasteiger partial charge in [-0.3, -0.25) is 13.9 Å². The number of amides is 2. The number of anilines is 1. The summed E-state index contributed by atoms with van der Waals surface area (Å²) in [5.41, 5.74) is 2.00. The molecule has 1 saturated carbocycles. The lowest BCUT2D eigenvalue weighted by Gasteiger charge is -2.34. The number of hydrogen-bond acceptors (Lipinski definition) is 5. The van der Waals surface area contributed by atoms with Crippen LogP contribution in [0.1, 0.15) is 63.5 Å². The van der Waals surface area contributed by atoms with Crippen LogP contribution in [0.2, 0.25) is 0 Å². The molecule has 3 aromatic carbocycles. The van der Waals surface area contributed by atoms with Gasteiger partial charge in [0.15, 0.2) is 0 Å². The average molecular weight is 624 g/mol. The molecule has 8 nitrogen and oxygen atoms in total. The highest BCUT2D eigenvalue weighted by molar-refractivity contribution is 7.92. The molecular weight excluding hydrogens is 581 g/mol. The first-order valence-electron chi connectivity index (χ1n) is 15.3. The molecule has 0 unspecified atom stereocenters. The highest BCUT2D eigenvalue weighted by atomic mass is 32.2. The molecule has 0 saturated heterocycles. The summed E-state index contributed by atoms with van der Waals surface area (Å²) in [5.74, 6) is -0.822. The van der Waals surface area contributed by atoms with Crippen LogP contribution in [-0.4, -0.2) is 50.4 Å². The van der Waals surface area contributed by atoms with Crippen molar-refractivity contribution in [3.63, 3.8) is 0 Å². The molecule has 4 rings (SSSR count). The molecule has 10 heteroatoms. The number of sulfonamides is 1. The van der Waals surface area contributed by atoms with E-state index in [1.165, 1.54) is 29.2 Å². The number of hydrogen-bond donors (Lipinski definition) is 1. The van der Waals surface area contributed by atoms with E-state index >= 15 is 0 Å². The first-order valence-corrected chi connectivity index (χ1v) is 16.7. The highest BCUT2D eigenvalue weighted by Crippen LogP contribution is 2.27. The van der Waals surface area contributed by atoms with Gasteiger partial charge < -0.3 is 15.0 Å². The van der Waals surface area contributed by atoms with Crippen molar-refractivity contribution < 1.29 is 27.1 Å². The molecule has 0 bridgehead atoms. The fourth-order valence-corrected chi connectivity index (χ4v) is 6.91. The maximum Gasteiger partial charge on any atom is 0.264 e. The highest BCUT2D eigenvalue weighted by Gasteiger charge is 2.34. The lowest BCUT2D eigenvalue weighted by molar-refractivity contribution is -0.140. The fraction of sp³-hybridized carbons (Fsp3) is 0.412. The molecule has 1 aliphatic rings. The average Bonchev–Trinajstić information content (AvgIpc) is 3.02. The van der Waals surface area contributed by atoms with Gasteiger partial charge in [0.05, 0.1) is 17.2 Å². The minimum atomic E-state index is -4.27. The largest absolute Gasteiger partial charge is 0.494 e. The van der Waals surface area contributed by atoms with Crippen molar-refractivity contribution in [3.05, 3.63) is 89.7 Å². The Balaban J connectivity index is 1.69. The Morgan fingerprint density at radius 2 is 1.57 bits per heavy atom. The van der Waals surface area contributed by atoms with Crippen molar-refractivity contribution in [2.24, 2.45) is 0 Å². The van der Waals surface area contributed by atoms with Crippen LogP contribution < -0.4 is 14.4 Å². The Labute approximate surface area is 260 Å². The van der Waals surface area contributed by atoms with Crippen LogP contribution in [0.5, 0.6) is 5.75 Å². The van der Waals surface area contributed by atoms with Crippen LogP contribution in [0.3, 0.4) is 0 Å². The van der Waals surface area contributed by atoms with Gasteiger partial charge in [0.2, 0.25) is 11.8 Å². The minimum absolute atomic E-state index is 0.0507. The van der Waals surface area contributed by atoms with Gasteiger partial charge in [-0.25, -0.2) is 12.8 Å². The Morgan fingerprint density at radius 1 is 0.932 bits per heavy atom. The topological polar surface area (TPSA) is 96.0 Å². The van der Waals surface area contributed by atoms with Gasteiger partial charge in [-0.2, -0.15) is 0 Å². The van der Waals surface area contributed by atoms with Crippen LogP contribution in [0, 0.1) is 12.7 Å². The van der Waals surface area contributed by atoms with E-state index in [0.717, 1.165) is 59.7 Å². The van der Waals surface area contributed by atoms with E-state index in [4.69, 9.17) is 4.74 Å². The van der Waals surface area contributed by atoms with Gasteiger partial charge >= 0.3 is 0 Å². The molecule has 0 radical (unpaired) electrons. The summed E-state index contributed by atoms with van der Waals surface area (Å²) in [4.78, 5) is 29.3. The lowest BCUT2D eigenvalue weighted by atomic mass is 9.95. The third-order valence-electron chi connectivity index (χ3n) is 7.93. The summed E-state index contributed by atoms with van der Waals surface area (Å²) in [6.07, 6.45) is 5.37. The lowest BCUT2D eigenvalue weighted by Crippen LogP contribution is -2.54. The number of halogens is 1. The van der Waals surface area contributed by atoms with E-state index in [2.05, 4.69) is 5.32 Å². The van der Waals surface area contributed by atoms with E-state index in [0.29, 0.717) is 18.8 Å². The zero-order chi connectivity index (χ0) is 31.7. The molecule has 44 heavy (non-hydrogen) atoms. The van der Waals surface area contributed by atoms with Crippen LogP contribution >= 0.6 is 0 Å². The molecule has 1 fully saturated rings. The second-order valence-corrected chi connectivity index (χ2v) is 13.0. The smallest absolute Gasteiger partial charge is 0.264 e. The standard InChI is InChI=1S/C34H42FN3O5S/c1-4-32(34(40)36-28-9-7-6-8-10-28)37(23-26-13-11-25(3)12-14-26)33(39)24-38(29-17-15-27(35)16-18-29)44(41,42)31-21-19-30(20-22-31)43-5-2/h11-22,28,32H,4-10,23-24H2,1-3H3,(H,36,40)/t32-/m0/s1. The third-order valence-corrected chi connectivity index (χ3v) is 9.72. The van der Waals surface area contributed by atoms with Crippen LogP contribution in [0.15, 0.2) is 77.7 Å². The number of carbonyl (C=O) groups is 2. The first-order chi connectivity index (χ1) is 21.1. The SMILES string of the molecule is CCOc1ccc(S(=O)(=O)N(CC(=O)N(Cc2ccc(C)cc2)[C@@H](CC)C(=O)NC2CCCCC2)c2ccc(F)cc2)cc1. The maximum absolute atomic E-state index is 14.2. The summed E-state index contributed by atoms with van der Waals surface area (Å²) in [6, 6.07) is 17.8. The molecule has 1 atom stereocenters. The number of benzene rings is 3. The van der Waals surface area contributed by atoms with Gasteiger partial charge in [0, 0.05) is 12.6 Å². The Bertz CT molecular complexity index is 1490. The molecule has 1 N–H and O–H groups in total. The molecule has 0 heterocycles. The maximum atomic E-state index is 14.2. The van der Waals surface area contributed by atoms with Crippen LogP contribution in [0.4, 0.5) is 10.1 Å². The normalized spacial score (nSPS) is 14.5. The second-order valence-electron chi connectivity index (χ2n) is 11.2. The van der Waals surface area contributed by atoms with Crippen LogP contribution in [0.25, 0.3) is 0 Å². The van der Waals surface area contributed by atoms with E-state index in [1.54, 1.807) is 12.1 Å². The summed E-state index contributed by atoms with van der Waals surface area (Å²) >= 11 is 0. The van der Waals surface area contributed by atoms with Gasteiger partial charge in [-0.1, -0.05) is 56.0 Å². The first kappa shape index (κ1) is 33.0. The Kier molecular flexibility index (Phi) is 11.4. The van der Waals surface area contributed by atoms with Crippen molar-refractivity contribution in [1.29, 1.82) is 0 Å². The predicted molar refractivity (Wildman–Crippen MR) is 169 cm³/mol. The van der Waals surface area contributed by atoms with Crippen molar-refractivity contribution in [3.8, 4) is 5.75 Å². The molecule has 0 aliphatic heterocycles. The predicted octanol–water partition coefficient (Wildman–Crippen LogP) is 5.98. The zero-order valence-corrected chi connectivity index (χ0v) is 26.5. The van der Waals surface area contributed by atoms with Crippen molar-refractivity contribution in [2.75, 3.05) is 17.5 Å². The number of nitrogens with zero attached hydrogens (tertiary/aromatic N) is 2. The monoisotopic (exact) mass is 623 g/mol. The Hall–Kier alpha value is -3.92. The van der Waals surface area contributed by atoms with E-state index in [1.807, 2.05) is 45.0 Å². The summed E-state index contributed by atoms with van der Waals surface area (Å²) in [6.45, 7) is 5.59. The van der Waals surface area contributed by atoms with Crippen molar-refractivity contribution in [1.82, 2.24) is 10.2 Å². The molecule has 0 aromatic heterocycles. The molecule has 0 spiro atoms. The van der Waals surface area contributed by atoms with Gasteiger partial charge in [0.1, 0.15) is 24.2 Å². The summed E-state index contributed by atoms with van der Waals surface area (Å²) < 4.78 is 48.3. The minimum Gasteiger partial charge on any atom is -0.494 e. The molecular formula is C34H42FN3O5S. The zero-order valence-electron chi connectivity index (χ0n) is 25.7. The number of carbonyl (C=O) groups excluding carboxylic acids is 2. The second kappa shape index (κ2) is 15.2. The van der Waals surface area contributed by atoms with Crippen molar-refractivity contribution in [2.45, 2.75) is 82.8 Å². The Morgan fingerprint density at radius 3 is 2.16 bits per heavy atom. The molecule has 2 amide bonds. The number of aryl methyl sites for hydroxylation is 1. The number of rotatable bonds is 13. The molecule has 1 aliphatic carbocycles. The van der Waals surface area contributed by atoms with Gasteiger partial charge in [0.25, 0.3) is 10.0 Å². The van der Waals surface area contributed by atoms with Crippen molar-refractivity contribution >= 4 is 27.5 Å². The van der Waals surface area contributed by atoms with E-state index in [9.17, 15) is 22.4 Å². The quantitative estimate of drug-likeness (QED) is 0.253. The number of nitrogens with one attached hydrogen (secondary N) is 1. The fourth-order valence-electron chi connectivity index (χ4n) is 5.49. The third kappa shape index (κ3) is 8.37. The van der Waals surface area contributed by atoms with Crippen LogP contribution in [-0.2, 0) is 26.2 Å². The summed E-state index contributed by atoms with van der Waals surface area (Å²) in [5, 5.41) is 3.14. The molecule has 236 valence electrons. The van der Waals surface area contributed by atoms with Gasteiger partial charge in [-0.05, 0) is 87.2 Å².